The molecule has 2 aromatic rings. The first-order valence-corrected chi connectivity index (χ1v) is 6.19. The number of rotatable bonds is 3. The smallest absolute Gasteiger partial charge is 0.219 e. The fourth-order valence-corrected chi connectivity index (χ4v) is 1.92. The molecule has 5 heteroatoms. The van der Waals surface area contributed by atoms with E-state index in [1.54, 1.807) is 18.3 Å². The third-order valence-corrected chi connectivity index (χ3v) is 2.80. The molecule has 0 saturated carbocycles. The van der Waals surface area contributed by atoms with Crippen LogP contribution in [0.1, 0.15) is 18.5 Å². The second-order valence-electron chi connectivity index (χ2n) is 3.92. The van der Waals surface area contributed by atoms with Crippen molar-refractivity contribution in [3.8, 4) is 11.6 Å². The molecule has 1 heterocycles. The predicted octanol–water partition coefficient (Wildman–Crippen LogP) is 3.80. The molecule has 0 amide bonds. The Kier molecular flexibility index (Phi) is 3.93. The fourth-order valence-electron chi connectivity index (χ4n) is 1.47. The van der Waals surface area contributed by atoms with Crippen LogP contribution >= 0.6 is 15.9 Å². The van der Waals surface area contributed by atoms with Crippen LogP contribution in [0.25, 0.3) is 0 Å². The van der Waals surface area contributed by atoms with Gasteiger partial charge in [0.2, 0.25) is 5.88 Å². The molecule has 1 aromatic heterocycles. The second kappa shape index (κ2) is 5.46. The van der Waals surface area contributed by atoms with Gasteiger partial charge in [-0.1, -0.05) is 15.9 Å². The molecule has 1 atom stereocenters. The minimum absolute atomic E-state index is 0.102. The summed E-state index contributed by atoms with van der Waals surface area (Å²) in [6.45, 7) is 1.87. The van der Waals surface area contributed by atoms with Gasteiger partial charge in [0.05, 0.1) is 0 Å². The highest BCUT2D eigenvalue weighted by Crippen LogP contribution is 2.25. The molecule has 0 radical (unpaired) electrons. The highest BCUT2D eigenvalue weighted by Gasteiger charge is 2.05. The standard InChI is InChI=1S/C13H12BrFN2O/c1-8(16)9-2-3-17-13(4-9)18-12-6-10(14)5-11(15)7-12/h2-8H,16H2,1H3. The van der Waals surface area contributed by atoms with E-state index in [0.29, 0.717) is 16.1 Å². The van der Waals surface area contributed by atoms with Gasteiger partial charge in [0.15, 0.2) is 0 Å². The van der Waals surface area contributed by atoms with Gasteiger partial charge in [0.1, 0.15) is 11.6 Å². The van der Waals surface area contributed by atoms with Gasteiger partial charge in [-0.15, -0.1) is 0 Å². The van der Waals surface area contributed by atoms with Gasteiger partial charge >= 0.3 is 0 Å². The molecule has 0 bridgehead atoms. The van der Waals surface area contributed by atoms with Gasteiger partial charge in [-0.05, 0) is 30.7 Å². The summed E-state index contributed by atoms with van der Waals surface area (Å²) in [6.07, 6.45) is 1.61. The summed E-state index contributed by atoms with van der Waals surface area (Å²) in [5.41, 5.74) is 6.69. The van der Waals surface area contributed by atoms with Crippen LogP contribution < -0.4 is 10.5 Å². The summed E-state index contributed by atoms with van der Waals surface area (Å²) in [5.74, 6) is 0.404. The highest BCUT2D eigenvalue weighted by atomic mass is 79.9. The topological polar surface area (TPSA) is 48.1 Å². The lowest BCUT2D eigenvalue weighted by molar-refractivity contribution is 0.456. The number of halogens is 2. The number of aromatic nitrogens is 1. The van der Waals surface area contributed by atoms with Crippen molar-refractivity contribution in [1.82, 2.24) is 4.98 Å². The Hall–Kier alpha value is -1.46. The Bertz CT molecular complexity index is 540. The first-order chi connectivity index (χ1) is 8.54. The van der Waals surface area contributed by atoms with Crippen molar-refractivity contribution in [3.05, 3.63) is 52.4 Å². The van der Waals surface area contributed by atoms with E-state index in [-0.39, 0.29) is 11.9 Å². The Balaban J connectivity index is 2.25. The summed E-state index contributed by atoms with van der Waals surface area (Å²) < 4.78 is 19.3. The quantitative estimate of drug-likeness (QED) is 0.938. The zero-order valence-corrected chi connectivity index (χ0v) is 11.3. The van der Waals surface area contributed by atoms with E-state index in [9.17, 15) is 4.39 Å². The van der Waals surface area contributed by atoms with Crippen LogP contribution in [-0.2, 0) is 0 Å². The van der Waals surface area contributed by atoms with Crippen LogP contribution in [0.3, 0.4) is 0 Å². The van der Waals surface area contributed by atoms with Crippen LogP contribution in [0, 0.1) is 5.82 Å². The summed E-state index contributed by atoms with van der Waals surface area (Å²) >= 11 is 3.20. The summed E-state index contributed by atoms with van der Waals surface area (Å²) in [7, 11) is 0. The van der Waals surface area contributed by atoms with Crippen molar-refractivity contribution < 1.29 is 9.13 Å². The van der Waals surface area contributed by atoms with Gasteiger partial charge in [-0.3, -0.25) is 0 Å². The highest BCUT2D eigenvalue weighted by molar-refractivity contribution is 9.10. The monoisotopic (exact) mass is 310 g/mol. The third kappa shape index (κ3) is 3.27. The number of benzene rings is 1. The lowest BCUT2D eigenvalue weighted by Gasteiger charge is -2.09. The lowest BCUT2D eigenvalue weighted by atomic mass is 10.1. The van der Waals surface area contributed by atoms with E-state index in [4.69, 9.17) is 10.5 Å². The third-order valence-electron chi connectivity index (χ3n) is 2.34. The number of nitrogens with zero attached hydrogens (tertiary/aromatic N) is 1. The minimum Gasteiger partial charge on any atom is -0.439 e. The van der Waals surface area contributed by atoms with Gasteiger partial charge in [-0.25, -0.2) is 9.37 Å². The molecule has 1 unspecified atom stereocenters. The minimum atomic E-state index is -0.372. The van der Waals surface area contributed by atoms with Crippen LogP contribution in [-0.4, -0.2) is 4.98 Å². The van der Waals surface area contributed by atoms with E-state index in [1.807, 2.05) is 13.0 Å². The Morgan fingerprint density at radius 2 is 2.11 bits per heavy atom. The average molecular weight is 311 g/mol. The molecule has 94 valence electrons. The van der Waals surface area contributed by atoms with Crippen molar-refractivity contribution >= 4 is 15.9 Å². The summed E-state index contributed by atoms with van der Waals surface area (Å²) in [5, 5.41) is 0. The number of pyridine rings is 1. The number of nitrogens with two attached hydrogens (primary N) is 1. The number of ether oxygens (including phenoxy) is 1. The lowest BCUT2D eigenvalue weighted by Crippen LogP contribution is -2.05. The van der Waals surface area contributed by atoms with Crippen LogP contribution in [0.5, 0.6) is 11.6 Å². The van der Waals surface area contributed by atoms with Crippen molar-refractivity contribution in [3.63, 3.8) is 0 Å². The second-order valence-corrected chi connectivity index (χ2v) is 4.84. The van der Waals surface area contributed by atoms with E-state index in [2.05, 4.69) is 20.9 Å². The molecule has 0 spiro atoms. The molecule has 0 aliphatic carbocycles. The molecule has 18 heavy (non-hydrogen) atoms. The first-order valence-electron chi connectivity index (χ1n) is 5.40. The van der Waals surface area contributed by atoms with Crippen molar-refractivity contribution in [2.24, 2.45) is 5.73 Å². The van der Waals surface area contributed by atoms with Crippen molar-refractivity contribution in [2.45, 2.75) is 13.0 Å². The van der Waals surface area contributed by atoms with E-state index >= 15 is 0 Å². The summed E-state index contributed by atoms with van der Waals surface area (Å²) in [6, 6.07) is 7.78. The van der Waals surface area contributed by atoms with Crippen molar-refractivity contribution in [1.29, 1.82) is 0 Å². The van der Waals surface area contributed by atoms with Crippen LogP contribution in [0.15, 0.2) is 41.0 Å². The summed E-state index contributed by atoms with van der Waals surface area (Å²) in [4.78, 5) is 4.06. The molecular weight excluding hydrogens is 299 g/mol. The maximum absolute atomic E-state index is 13.2. The largest absolute Gasteiger partial charge is 0.439 e. The zero-order chi connectivity index (χ0) is 13.1. The molecule has 0 saturated heterocycles. The Labute approximate surface area is 113 Å². The van der Waals surface area contributed by atoms with Gasteiger partial charge in [0, 0.05) is 28.8 Å². The molecule has 3 nitrogen and oxygen atoms in total. The van der Waals surface area contributed by atoms with E-state index in [1.165, 1.54) is 12.1 Å². The van der Waals surface area contributed by atoms with Crippen LogP contribution in [0.2, 0.25) is 0 Å². The SMILES string of the molecule is CC(N)c1ccnc(Oc2cc(F)cc(Br)c2)c1. The Morgan fingerprint density at radius 1 is 1.33 bits per heavy atom. The fraction of sp³-hybridized carbons (Fsp3) is 0.154. The molecule has 2 rings (SSSR count). The normalized spacial score (nSPS) is 12.2. The maximum Gasteiger partial charge on any atom is 0.219 e. The van der Waals surface area contributed by atoms with Gasteiger partial charge in [-0.2, -0.15) is 0 Å². The molecule has 0 aliphatic heterocycles. The number of hydrogen-bond acceptors (Lipinski definition) is 3. The predicted molar refractivity (Wildman–Crippen MR) is 71.0 cm³/mol. The van der Waals surface area contributed by atoms with Crippen LogP contribution in [0.4, 0.5) is 4.39 Å². The van der Waals surface area contributed by atoms with E-state index in [0.717, 1.165) is 5.56 Å². The first kappa shape index (κ1) is 13.0. The Morgan fingerprint density at radius 3 is 2.78 bits per heavy atom. The van der Waals surface area contributed by atoms with Crippen molar-refractivity contribution in [2.75, 3.05) is 0 Å². The number of hydrogen-bond donors (Lipinski definition) is 1. The van der Waals surface area contributed by atoms with E-state index < -0.39 is 0 Å². The average Bonchev–Trinajstić information content (AvgIpc) is 2.27. The molecule has 0 fully saturated rings. The molecular formula is C13H12BrFN2O. The van der Waals surface area contributed by atoms with Gasteiger partial charge < -0.3 is 10.5 Å². The van der Waals surface area contributed by atoms with Gasteiger partial charge in [0.25, 0.3) is 0 Å². The maximum atomic E-state index is 13.2. The molecule has 1 aromatic carbocycles. The molecule has 0 aliphatic rings. The zero-order valence-electron chi connectivity index (χ0n) is 9.73. The molecule has 2 N–H and O–H groups in total.